The van der Waals surface area contributed by atoms with E-state index in [2.05, 4.69) is 17.6 Å². The molecule has 160 valence electrons. The van der Waals surface area contributed by atoms with Crippen molar-refractivity contribution in [1.82, 2.24) is 10.2 Å². The lowest BCUT2D eigenvalue weighted by atomic mass is 10.1. The summed E-state index contributed by atoms with van der Waals surface area (Å²) in [6, 6.07) is 15.1. The second-order valence-corrected chi connectivity index (χ2v) is 7.37. The number of nitrogens with one attached hydrogen (secondary N) is 2. The Balaban J connectivity index is 1.76. The number of rotatable bonds is 11. The van der Waals surface area contributed by atoms with Crippen molar-refractivity contribution >= 4 is 17.5 Å². The predicted octanol–water partition coefficient (Wildman–Crippen LogP) is 4.21. The highest BCUT2D eigenvalue weighted by atomic mass is 16.5. The van der Waals surface area contributed by atoms with Crippen LogP contribution in [-0.4, -0.2) is 43.0 Å². The molecular formula is C24H31N3O3. The minimum Gasteiger partial charge on any atom is -0.382 e. The summed E-state index contributed by atoms with van der Waals surface area (Å²) >= 11 is 0. The molecule has 1 unspecified atom stereocenters. The summed E-state index contributed by atoms with van der Waals surface area (Å²) in [5.74, 6) is -0.0587. The largest absolute Gasteiger partial charge is 0.382 e. The fourth-order valence-corrected chi connectivity index (χ4v) is 3.63. The first-order valence-electron chi connectivity index (χ1n) is 10.8. The van der Waals surface area contributed by atoms with Crippen LogP contribution in [0.15, 0.2) is 48.5 Å². The highest BCUT2D eigenvalue weighted by Gasteiger charge is 2.36. The zero-order chi connectivity index (χ0) is 21.3. The maximum atomic E-state index is 13.0. The Bertz CT molecular complexity index is 868. The number of hydrogen-bond donors (Lipinski definition) is 2. The van der Waals surface area contributed by atoms with Gasteiger partial charge in [-0.3, -0.25) is 9.59 Å². The molecule has 1 aliphatic rings. The molecule has 0 saturated carbocycles. The van der Waals surface area contributed by atoms with E-state index in [-0.39, 0.29) is 18.0 Å². The molecule has 6 nitrogen and oxygen atoms in total. The molecule has 3 rings (SSSR count). The van der Waals surface area contributed by atoms with Crippen molar-refractivity contribution in [1.29, 1.82) is 0 Å². The number of nitrogens with zero attached hydrogens (tertiary/aromatic N) is 1. The molecule has 1 heterocycles. The van der Waals surface area contributed by atoms with Crippen molar-refractivity contribution in [2.24, 2.45) is 0 Å². The minimum atomic E-state index is -0.270. The Labute approximate surface area is 178 Å². The minimum absolute atomic E-state index is 0.0214. The number of carbonyl (C=O) groups is 2. The molecular weight excluding hydrogens is 378 g/mol. The van der Waals surface area contributed by atoms with E-state index < -0.39 is 0 Å². The maximum absolute atomic E-state index is 13.0. The van der Waals surface area contributed by atoms with Crippen LogP contribution < -0.4 is 10.6 Å². The van der Waals surface area contributed by atoms with Crippen molar-refractivity contribution in [2.75, 3.05) is 31.6 Å². The Morgan fingerprint density at radius 2 is 1.93 bits per heavy atom. The van der Waals surface area contributed by atoms with Gasteiger partial charge in [-0.05, 0) is 44.0 Å². The van der Waals surface area contributed by atoms with Gasteiger partial charge in [-0.25, -0.2) is 0 Å². The third-order valence-corrected chi connectivity index (χ3v) is 5.19. The molecule has 0 spiro atoms. The second kappa shape index (κ2) is 10.8. The molecule has 0 aromatic heterocycles. The van der Waals surface area contributed by atoms with E-state index in [1.54, 1.807) is 6.07 Å². The third-order valence-electron chi connectivity index (χ3n) is 5.19. The van der Waals surface area contributed by atoms with Crippen molar-refractivity contribution in [3.63, 3.8) is 0 Å². The summed E-state index contributed by atoms with van der Waals surface area (Å²) < 4.78 is 5.44. The van der Waals surface area contributed by atoms with Crippen LogP contribution in [0.5, 0.6) is 0 Å². The molecule has 0 saturated heterocycles. The summed E-state index contributed by atoms with van der Waals surface area (Å²) in [7, 11) is 0. The van der Waals surface area contributed by atoms with Gasteiger partial charge < -0.3 is 20.3 Å². The summed E-state index contributed by atoms with van der Waals surface area (Å²) in [6.45, 7) is 6.62. The molecule has 2 aromatic carbocycles. The first-order valence-corrected chi connectivity index (χ1v) is 10.8. The molecule has 1 aliphatic heterocycles. The normalized spacial score (nSPS) is 15.2. The van der Waals surface area contributed by atoms with Crippen LogP contribution in [0.2, 0.25) is 0 Å². The average Bonchev–Trinajstić information content (AvgIpc) is 3.03. The average molecular weight is 410 g/mol. The summed E-state index contributed by atoms with van der Waals surface area (Å²) in [5, 5.41) is 6.41. The Morgan fingerprint density at radius 3 is 2.73 bits per heavy atom. The van der Waals surface area contributed by atoms with Gasteiger partial charge in [0, 0.05) is 48.7 Å². The predicted molar refractivity (Wildman–Crippen MR) is 119 cm³/mol. The SMILES string of the molecule is CCCCNC(=O)c1cccc(NC2c3ccccc3C(=O)N2CCCOCC)c1. The smallest absolute Gasteiger partial charge is 0.256 e. The van der Waals surface area contributed by atoms with Gasteiger partial charge in [0.25, 0.3) is 11.8 Å². The van der Waals surface area contributed by atoms with Gasteiger partial charge in [0.15, 0.2) is 0 Å². The topological polar surface area (TPSA) is 70.7 Å². The Kier molecular flexibility index (Phi) is 7.85. The number of fused-ring (bicyclic) bond motifs is 1. The highest BCUT2D eigenvalue weighted by Crippen LogP contribution is 2.34. The maximum Gasteiger partial charge on any atom is 0.256 e. The molecule has 0 fully saturated rings. The molecule has 0 aliphatic carbocycles. The number of hydrogen-bond acceptors (Lipinski definition) is 4. The lowest BCUT2D eigenvalue weighted by Gasteiger charge is -2.27. The van der Waals surface area contributed by atoms with Crippen molar-refractivity contribution in [2.45, 2.75) is 39.3 Å². The van der Waals surface area contributed by atoms with E-state index >= 15 is 0 Å². The zero-order valence-corrected chi connectivity index (χ0v) is 17.8. The summed E-state index contributed by atoms with van der Waals surface area (Å²) in [4.78, 5) is 27.2. The number of benzene rings is 2. The van der Waals surface area contributed by atoms with Crippen LogP contribution in [0.4, 0.5) is 5.69 Å². The fraction of sp³-hybridized carbons (Fsp3) is 0.417. The first kappa shape index (κ1) is 21.8. The number of carbonyl (C=O) groups excluding carboxylic acids is 2. The third kappa shape index (κ3) is 5.19. The zero-order valence-electron chi connectivity index (χ0n) is 17.8. The summed E-state index contributed by atoms with van der Waals surface area (Å²) in [5.41, 5.74) is 3.09. The molecule has 0 bridgehead atoms. The molecule has 2 amide bonds. The monoisotopic (exact) mass is 409 g/mol. The highest BCUT2D eigenvalue weighted by molar-refractivity contribution is 5.99. The van der Waals surface area contributed by atoms with Gasteiger partial charge in [0.1, 0.15) is 6.17 Å². The van der Waals surface area contributed by atoms with Gasteiger partial charge in [0.05, 0.1) is 0 Å². The first-order chi connectivity index (χ1) is 14.7. The lowest BCUT2D eigenvalue weighted by molar-refractivity contribution is 0.0708. The molecule has 2 aromatic rings. The number of anilines is 1. The van der Waals surface area contributed by atoms with Crippen molar-refractivity contribution in [3.05, 3.63) is 65.2 Å². The quantitative estimate of drug-likeness (QED) is 0.546. The van der Waals surface area contributed by atoms with Gasteiger partial charge in [-0.1, -0.05) is 37.6 Å². The van der Waals surface area contributed by atoms with E-state index in [4.69, 9.17) is 4.74 Å². The van der Waals surface area contributed by atoms with E-state index in [9.17, 15) is 9.59 Å². The van der Waals surface area contributed by atoms with E-state index in [0.29, 0.717) is 31.9 Å². The van der Waals surface area contributed by atoms with Crippen LogP contribution in [0, 0.1) is 0 Å². The Morgan fingerprint density at radius 1 is 1.10 bits per heavy atom. The van der Waals surface area contributed by atoms with Crippen LogP contribution in [0.1, 0.15) is 65.6 Å². The van der Waals surface area contributed by atoms with Gasteiger partial charge in [0.2, 0.25) is 0 Å². The Hall–Kier alpha value is -2.86. The van der Waals surface area contributed by atoms with E-state index in [0.717, 1.165) is 36.1 Å². The van der Waals surface area contributed by atoms with Gasteiger partial charge in [-0.15, -0.1) is 0 Å². The second-order valence-electron chi connectivity index (χ2n) is 7.37. The number of unbranched alkanes of at least 4 members (excludes halogenated alkanes) is 1. The van der Waals surface area contributed by atoms with Crippen molar-refractivity contribution < 1.29 is 14.3 Å². The molecule has 2 N–H and O–H groups in total. The lowest BCUT2D eigenvalue weighted by Crippen LogP contribution is -2.33. The fourth-order valence-electron chi connectivity index (χ4n) is 3.63. The van der Waals surface area contributed by atoms with Crippen LogP contribution in [-0.2, 0) is 4.74 Å². The van der Waals surface area contributed by atoms with Crippen LogP contribution >= 0.6 is 0 Å². The van der Waals surface area contributed by atoms with Gasteiger partial charge in [-0.2, -0.15) is 0 Å². The molecule has 30 heavy (non-hydrogen) atoms. The molecule has 6 heteroatoms. The van der Waals surface area contributed by atoms with Crippen LogP contribution in [0.3, 0.4) is 0 Å². The van der Waals surface area contributed by atoms with Gasteiger partial charge >= 0.3 is 0 Å². The molecule has 1 atom stereocenters. The number of ether oxygens (including phenoxy) is 1. The van der Waals surface area contributed by atoms with E-state index in [1.807, 2.05) is 54.3 Å². The number of amides is 2. The van der Waals surface area contributed by atoms with Crippen molar-refractivity contribution in [3.8, 4) is 0 Å². The summed E-state index contributed by atoms with van der Waals surface area (Å²) in [6.07, 6.45) is 2.50. The van der Waals surface area contributed by atoms with Crippen LogP contribution in [0.25, 0.3) is 0 Å². The standard InChI is InChI=1S/C24H31N3O3/c1-3-5-14-25-23(28)18-10-8-11-19(17-18)26-22-20-12-6-7-13-21(20)24(29)27(22)15-9-16-30-4-2/h6-8,10-13,17,22,26H,3-5,9,14-16H2,1-2H3,(H,25,28). The molecule has 0 radical (unpaired) electrons. The van der Waals surface area contributed by atoms with E-state index in [1.165, 1.54) is 0 Å².